The van der Waals surface area contributed by atoms with E-state index in [0.717, 1.165) is 51.2 Å². The van der Waals surface area contributed by atoms with E-state index in [4.69, 9.17) is 27.9 Å². The van der Waals surface area contributed by atoms with Crippen LogP contribution in [0.5, 0.6) is 5.75 Å². The fourth-order valence-electron chi connectivity index (χ4n) is 3.20. The van der Waals surface area contributed by atoms with Gasteiger partial charge in [-0.1, -0.05) is 65.7 Å². The maximum Gasteiger partial charge on any atom is 0.120 e. The van der Waals surface area contributed by atoms with E-state index in [2.05, 4.69) is 17.1 Å². The molecule has 3 aromatic carbocycles. The molecule has 0 aromatic heterocycles. The number of rotatable bonds is 5. The highest BCUT2D eigenvalue weighted by molar-refractivity contribution is 6.32. The van der Waals surface area contributed by atoms with Gasteiger partial charge in [-0.25, -0.2) is 0 Å². The highest BCUT2D eigenvalue weighted by Crippen LogP contribution is 2.25. The smallest absolute Gasteiger partial charge is 0.120 e. The lowest BCUT2D eigenvalue weighted by molar-refractivity contribution is 0.306. The topological polar surface area (TPSA) is 21.6 Å². The Hall–Kier alpha value is -2.55. The molecule has 0 fully saturated rings. The third kappa shape index (κ3) is 4.30. The molecule has 1 aliphatic rings. The number of ether oxygens (including phenoxy) is 1. The van der Waals surface area contributed by atoms with E-state index in [9.17, 15) is 0 Å². The average Bonchev–Trinajstić information content (AvgIpc) is 2.72. The lowest BCUT2D eigenvalue weighted by Gasteiger charge is -2.17. The van der Waals surface area contributed by atoms with E-state index in [0.29, 0.717) is 6.61 Å². The quantitative estimate of drug-likeness (QED) is 0.464. The number of aliphatic imine (C=N–C) groups is 1. The highest BCUT2D eigenvalue weighted by atomic mass is 35.5. The Morgan fingerprint density at radius 2 is 1.68 bits per heavy atom. The van der Waals surface area contributed by atoms with Crippen LogP contribution in [0.25, 0.3) is 6.08 Å². The summed E-state index contributed by atoms with van der Waals surface area (Å²) in [6, 6.07) is 21.7. The van der Waals surface area contributed by atoms with Gasteiger partial charge in [0, 0.05) is 27.7 Å². The van der Waals surface area contributed by atoms with Gasteiger partial charge in [-0.2, -0.15) is 0 Å². The molecular weight excluding hydrogens is 389 g/mol. The number of halogens is 2. The van der Waals surface area contributed by atoms with Crippen molar-refractivity contribution >= 4 is 35.0 Å². The Morgan fingerprint density at radius 3 is 2.50 bits per heavy atom. The van der Waals surface area contributed by atoms with Crippen LogP contribution in [-0.2, 0) is 13.0 Å². The van der Waals surface area contributed by atoms with Gasteiger partial charge in [0.05, 0.1) is 5.71 Å². The van der Waals surface area contributed by atoms with Crippen molar-refractivity contribution < 1.29 is 4.74 Å². The van der Waals surface area contributed by atoms with Crippen LogP contribution in [0.4, 0.5) is 0 Å². The van der Waals surface area contributed by atoms with Crippen LogP contribution in [0.2, 0.25) is 10.0 Å². The zero-order valence-electron chi connectivity index (χ0n) is 15.2. The standard InChI is InChI=1S/C24H19Cl2NO/c25-22-7-3-1-5-17(22)9-12-24-21-11-10-20(15-18(21)13-14-27-24)28-16-19-6-2-4-8-23(19)26/h1-12,15H,13-14,16H2/b12-9+. The Bertz CT molecular complexity index is 1060. The monoisotopic (exact) mass is 407 g/mol. The Morgan fingerprint density at radius 1 is 0.893 bits per heavy atom. The molecular formula is C24H19Cl2NO. The van der Waals surface area contributed by atoms with Gasteiger partial charge in [-0.15, -0.1) is 0 Å². The van der Waals surface area contributed by atoms with Crippen LogP contribution in [0.15, 0.2) is 77.8 Å². The second kappa shape index (κ2) is 8.64. The molecule has 2 nitrogen and oxygen atoms in total. The molecule has 3 aromatic rings. The zero-order chi connectivity index (χ0) is 19.3. The lowest BCUT2D eigenvalue weighted by atomic mass is 9.96. The number of allylic oxidation sites excluding steroid dienone is 1. The van der Waals surface area contributed by atoms with Crippen molar-refractivity contribution in [3.05, 3.63) is 105 Å². The number of benzene rings is 3. The second-order valence-electron chi connectivity index (χ2n) is 6.57. The van der Waals surface area contributed by atoms with Crippen LogP contribution in [0.3, 0.4) is 0 Å². The summed E-state index contributed by atoms with van der Waals surface area (Å²) >= 11 is 12.5. The van der Waals surface area contributed by atoms with Crippen LogP contribution in [0, 0.1) is 0 Å². The third-order valence-electron chi connectivity index (χ3n) is 4.69. The Labute approximate surface area is 175 Å². The average molecular weight is 408 g/mol. The van der Waals surface area contributed by atoms with E-state index >= 15 is 0 Å². The van der Waals surface area contributed by atoms with Crippen molar-refractivity contribution in [3.63, 3.8) is 0 Å². The van der Waals surface area contributed by atoms with E-state index < -0.39 is 0 Å². The molecule has 140 valence electrons. The third-order valence-corrected chi connectivity index (χ3v) is 5.41. The minimum Gasteiger partial charge on any atom is -0.489 e. The summed E-state index contributed by atoms with van der Waals surface area (Å²) in [5.74, 6) is 0.843. The van der Waals surface area contributed by atoms with Crippen molar-refractivity contribution in [1.29, 1.82) is 0 Å². The van der Waals surface area contributed by atoms with Crippen LogP contribution < -0.4 is 4.74 Å². The van der Waals surface area contributed by atoms with Crippen molar-refractivity contribution in [2.45, 2.75) is 13.0 Å². The molecule has 4 rings (SSSR count). The molecule has 0 radical (unpaired) electrons. The first-order valence-corrected chi connectivity index (χ1v) is 9.93. The summed E-state index contributed by atoms with van der Waals surface area (Å²) in [6.07, 6.45) is 4.95. The van der Waals surface area contributed by atoms with Crippen molar-refractivity contribution in [3.8, 4) is 5.75 Å². The summed E-state index contributed by atoms with van der Waals surface area (Å²) in [5, 5.41) is 1.46. The predicted molar refractivity (Wildman–Crippen MR) is 118 cm³/mol. The van der Waals surface area contributed by atoms with Gasteiger partial charge in [0.1, 0.15) is 12.4 Å². The largest absolute Gasteiger partial charge is 0.489 e. The molecule has 1 heterocycles. The van der Waals surface area contributed by atoms with Crippen molar-refractivity contribution in [2.24, 2.45) is 4.99 Å². The first-order chi connectivity index (χ1) is 13.7. The summed E-state index contributed by atoms with van der Waals surface area (Å²) in [5.41, 5.74) is 5.31. The first kappa shape index (κ1) is 18.8. The minimum atomic E-state index is 0.450. The van der Waals surface area contributed by atoms with Crippen LogP contribution in [-0.4, -0.2) is 12.3 Å². The van der Waals surface area contributed by atoms with Gasteiger partial charge in [-0.05, 0) is 54.0 Å². The van der Waals surface area contributed by atoms with Crippen molar-refractivity contribution in [2.75, 3.05) is 6.54 Å². The summed E-state index contributed by atoms with van der Waals surface area (Å²) < 4.78 is 5.96. The van der Waals surface area contributed by atoms with Crippen LogP contribution in [0.1, 0.15) is 22.3 Å². The van der Waals surface area contributed by atoms with Gasteiger partial charge in [0.15, 0.2) is 0 Å². The maximum absolute atomic E-state index is 6.24. The predicted octanol–water partition coefficient (Wildman–Crippen LogP) is 6.63. The minimum absolute atomic E-state index is 0.450. The normalized spacial score (nSPS) is 13.3. The number of hydrogen-bond donors (Lipinski definition) is 0. The molecule has 0 atom stereocenters. The fraction of sp³-hybridized carbons (Fsp3) is 0.125. The molecule has 0 saturated carbocycles. The van der Waals surface area contributed by atoms with Gasteiger partial charge < -0.3 is 4.74 Å². The molecule has 0 aliphatic carbocycles. The number of nitrogens with zero attached hydrogens (tertiary/aromatic N) is 1. The first-order valence-electron chi connectivity index (χ1n) is 9.17. The van der Waals surface area contributed by atoms with E-state index in [1.807, 2.05) is 66.7 Å². The van der Waals surface area contributed by atoms with E-state index in [1.165, 1.54) is 5.56 Å². The molecule has 0 saturated heterocycles. The molecule has 0 amide bonds. The molecule has 4 heteroatoms. The maximum atomic E-state index is 6.24. The van der Waals surface area contributed by atoms with Crippen molar-refractivity contribution in [1.82, 2.24) is 0 Å². The van der Waals surface area contributed by atoms with Gasteiger partial charge in [0.2, 0.25) is 0 Å². The Kier molecular flexibility index (Phi) is 5.80. The fourth-order valence-corrected chi connectivity index (χ4v) is 3.59. The molecule has 0 unspecified atom stereocenters. The SMILES string of the molecule is Clc1ccccc1/C=C/C1=NCCc2cc(OCc3ccccc3Cl)ccc21. The molecule has 0 bridgehead atoms. The molecule has 0 N–H and O–H groups in total. The number of fused-ring (bicyclic) bond motifs is 1. The number of hydrogen-bond acceptors (Lipinski definition) is 2. The summed E-state index contributed by atoms with van der Waals surface area (Å²) in [4.78, 5) is 4.68. The highest BCUT2D eigenvalue weighted by Gasteiger charge is 2.13. The molecule has 1 aliphatic heterocycles. The zero-order valence-corrected chi connectivity index (χ0v) is 16.8. The van der Waals surface area contributed by atoms with Crippen LogP contribution >= 0.6 is 23.2 Å². The van der Waals surface area contributed by atoms with Gasteiger partial charge in [0.25, 0.3) is 0 Å². The van der Waals surface area contributed by atoms with E-state index in [1.54, 1.807) is 0 Å². The lowest BCUT2D eigenvalue weighted by Crippen LogP contribution is -2.11. The van der Waals surface area contributed by atoms with Gasteiger partial charge >= 0.3 is 0 Å². The van der Waals surface area contributed by atoms with Gasteiger partial charge in [-0.3, -0.25) is 4.99 Å². The second-order valence-corrected chi connectivity index (χ2v) is 7.39. The van der Waals surface area contributed by atoms with E-state index in [-0.39, 0.29) is 0 Å². The Balaban J connectivity index is 1.51. The molecule has 28 heavy (non-hydrogen) atoms. The molecule has 0 spiro atoms. The summed E-state index contributed by atoms with van der Waals surface area (Å²) in [6.45, 7) is 1.22. The summed E-state index contributed by atoms with van der Waals surface area (Å²) in [7, 11) is 0.